The lowest BCUT2D eigenvalue weighted by Gasteiger charge is -2.39. The van der Waals surface area contributed by atoms with Gasteiger partial charge >= 0.3 is 0 Å². The van der Waals surface area contributed by atoms with Gasteiger partial charge in [-0.15, -0.1) is 0 Å². The van der Waals surface area contributed by atoms with E-state index in [-0.39, 0.29) is 57.1 Å². The van der Waals surface area contributed by atoms with Gasteiger partial charge in [0.1, 0.15) is 0 Å². The Kier molecular flexibility index (Phi) is 9.94. The number of carbonyl (C=O) groups excluding carboxylic acids is 4. The van der Waals surface area contributed by atoms with E-state index in [4.69, 9.17) is 0 Å². The smallest absolute Gasteiger partial charge is 0.251 e. The van der Waals surface area contributed by atoms with Gasteiger partial charge < -0.3 is 30.8 Å². The number of likely N-dealkylation sites (N-methyl/N-ethyl adjacent to an activating group) is 1. The van der Waals surface area contributed by atoms with Crippen molar-refractivity contribution in [3.8, 4) is 0 Å². The number of aromatic nitrogens is 2. The summed E-state index contributed by atoms with van der Waals surface area (Å²) < 4.78 is 0. The Balaban J connectivity index is 0.000000169. The van der Waals surface area contributed by atoms with E-state index in [1.165, 1.54) is 0 Å². The maximum atomic E-state index is 13.0. The molecule has 2 aliphatic carbocycles. The van der Waals surface area contributed by atoms with Crippen LogP contribution in [0.3, 0.4) is 0 Å². The van der Waals surface area contributed by atoms with Crippen LogP contribution in [0.2, 0.25) is 0 Å². The zero-order valence-electron chi connectivity index (χ0n) is 34.3. The summed E-state index contributed by atoms with van der Waals surface area (Å²) in [7, 11) is 2.09. The number of rotatable bonds is 4. The Hall–Kier alpha value is -4.28. The first-order chi connectivity index (χ1) is 25.8. The van der Waals surface area contributed by atoms with E-state index in [2.05, 4.69) is 65.6 Å². The normalized spacial score (nSPS) is 24.0. The number of ketones is 2. The van der Waals surface area contributed by atoms with Gasteiger partial charge in [0.25, 0.3) is 11.8 Å². The van der Waals surface area contributed by atoms with Crippen LogP contribution in [0.15, 0.2) is 36.4 Å². The number of likely N-dealkylation sites (tertiary alicyclic amines) is 1. The summed E-state index contributed by atoms with van der Waals surface area (Å²) in [4.78, 5) is 60.5. The number of nitrogens with zero attached hydrogens (tertiary/aromatic N) is 1. The van der Waals surface area contributed by atoms with E-state index in [0.29, 0.717) is 22.5 Å². The summed E-state index contributed by atoms with van der Waals surface area (Å²) in [5.74, 6) is 0.250. The molecule has 0 unspecified atom stereocenters. The minimum Gasteiger partial charge on any atom is -0.352 e. The van der Waals surface area contributed by atoms with Crippen LogP contribution in [-0.4, -0.2) is 83.6 Å². The fourth-order valence-electron chi connectivity index (χ4n) is 10.4. The summed E-state index contributed by atoms with van der Waals surface area (Å²) in [6.45, 7) is 20.7. The van der Waals surface area contributed by atoms with Crippen LogP contribution in [0, 0.1) is 10.8 Å². The number of nitrogens with one attached hydrogen (secondary N) is 5. The van der Waals surface area contributed by atoms with Crippen LogP contribution in [-0.2, 0) is 10.8 Å². The van der Waals surface area contributed by atoms with Crippen molar-refractivity contribution >= 4 is 45.2 Å². The van der Waals surface area contributed by atoms with Gasteiger partial charge in [0.2, 0.25) is 0 Å². The Morgan fingerprint density at radius 2 is 1.15 bits per heavy atom. The van der Waals surface area contributed by atoms with Gasteiger partial charge in [-0.3, -0.25) is 19.2 Å². The second kappa shape index (κ2) is 14.0. The van der Waals surface area contributed by atoms with Crippen molar-refractivity contribution in [2.75, 3.05) is 33.2 Å². The molecule has 2 saturated heterocycles. The fourth-order valence-corrected chi connectivity index (χ4v) is 10.4. The van der Waals surface area contributed by atoms with Crippen LogP contribution >= 0.6 is 0 Å². The monoisotopic (exact) mass is 748 g/mol. The molecule has 10 heteroatoms. The summed E-state index contributed by atoms with van der Waals surface area (Å²) >= 11 is 0. The van der Waals surface area contributed by atoms with Gasteiger partial charge in [0, 0.05) is 68.9 Å². The maximum absolute atomic E-state index is 13.0. The van der Waals surface area contributed by atoms with Crippen LogP contribution in [0.25, 0.3) is 21.8 Å². The molecule has 4 aromatic rings. The number of piperidine rings is 2. The Bertz CT molecular complexity index is 2180. The number of Topliss-reactive ketones (excluding diaryl/α,β-unsaturated/α-hetero) is 2. The molecule has 4 heterocycles. The summed E-state index contributed by atoms with van der Waals surface area (Å²) in [5, 5.41) is 11.6. The largest absolute Gasteiger partial charge is 0.352 e. The van der Waals surface area contributed by atoms with Crippen molar-refractivity contribution in [2.45, 2.75) is 117 Å². The zero-order chi connectivity index (χ0) is 39.7. The highest BCUT2D eigenvalue weighted by Crippen LogP contribution is 2.49. The van der Waals surface area contributed by atoms with Gasteiger partial charge in [-0.1, -0.05) is 55.4 Å². The van der Waals surface area contributed by atoms with Gasteiger partial charge in [0.05, 0.1) is 11.4 Å². The first-order valence-electron chi connectivity index (χ1n) is 20.2. The average molecular weight is 749 g/mol. The number of hydrogen-bond acceptors (Lipinski definition) is 6. The third kappa shape index (κ3) is 7.40. The second-order valence-electron chi connectivity index (χ2n) is 19.4. The standard InChI is InChI=1S/C23H31N3O2.C22H29N3O2/c1-22(2)13-23(3,4)20(27)19-18(22)16-11-14(8-9-17(16)25-19)21(28)24-15-7-6-10-26(5)12-15;1-21(2)12-22(3,4)19(26)18-17(21)15-10-13(7-8-16(15)25-18)20(27)24-14-6-5-9-23-11-14/h8-9,11,15,25H,6-7,10,12-13H2,1-5H3,(H,24,28);7-8,10,14,23,25H,5-6,9,11-12H2,1-4H3,(H,24,27)/t15-;14-/m00/s1. The second-order valence-corrected chi connectivity index (χ2v) is 19.4. The van der Waals surface area contributed by atoms with Crippen molar-refractivity contribution in [1.82, 2.24) is 30.8 Å². The molecule has 2 fully saturated rings. The molecule has 0 saturated carbocycles. The van der Waals surface area contributed by atoms with E-state index in [9.17, 15) is 19.2 Å². The molecule has 0 spiro atoms. The third-order valence-corrected chi connectivity index (χ3v) is 12.5. The Morgan fingerprint density at radius 1 is 0.673 bits per heavy atom. The molecule has 4 aliphatic rings. The van der Waals surface area contributed by atoms with Crippen LogP contribution < -0.4 is 16.0 Å². The lowest BCUT2D eigenvalue weighted by molar-refractivity contribution is 0.0755. The van der Waals surface area contributed by atoms with Crippen LogP contribution in [0.1, 0.15) is 147 Å². The summed E-state index contributed by atoms with van der Waals surface area (Å²) in [6.07, 6.45) is 5.82. The van der Waals surface area contributed by atoms with E-state index >= 15 is 0 Å². The Morgan fingerprint density at radius 3 is 1.60 bits per heavy atom. The molecule has 5 N–H and O–H groups in total. The molecular weight excluding hydrogens is 689 g/mol. The highest BCUT2D eigenvalue weighted by molar-refractivity contribution is 6.09. The predicted octanol–water partition coefficient (Wildman–Crippen LogP) is 7.42. The minimum atomic E-state index is -0.384. The first kappa shape index (κ1) is 39.0. The SMILES string of the molecule is CC1(C)CC(C)(C)c2c([nH]c3ccc(C(=O)N[C@H]4CCCNC4)cc23)C1=O.CN1CCC[C@H](NC(=O)c2ccc3[nH]c4c(c3c2)C(C)(C)CC(C)(C)C4=O)C1. The molecule has 294 valence electrons. The number of carbonyl (C=O) groups is 4. The van der Waals surface area contributed by atoms with E-state index < -0.39 is 0 Å². The van der Waals surface area contributed by atoms with Crippen molar-refractivity contribution in [3.05, 3.63) is 70.0 Å². The molecule has 2 aliphatic heterocycles. The average Bonchev–Trinajstić information content (AvgIpc) is 3.70. The number of H-pyrrole nitrogens is 2. The van der Waals surface area contributed by atoms with Crippen molar-refractivity contribution < 1.29 is 19.2 Å². The van der Waals surface area contributed by atoms with Gasteiger partial charge in [-0.25, -0.2) is 0 Å². The molecule has 0 radical (unpaired) electrons. The molecule has 55 heavy (non-hydrogen) atoms. The molecule has 2 amide bonds. The molecule has 8 rings (SSSR count). The lowest BCUT2D eigenvalue weighted by atomic mass is 9.63. The number of aromatic amines is 2. The summed E-state index contributed by atoms with van der Waals surface area (Å²) in [5.41, 5.74) is 5.67. The number of amides is 2. The van der Waals surface area contributed by atoms with Gasteiger partial charge in [-0.2, -0.15) is 0 Å². The molecule has 2 aromatic heterocycles. The highest BCUT2D eigenvalue weighted by Gasteiger charge is 2.47. The predicted molar refractivity (Wildman–Crippen MR) is 219 cm³/mol. The maximum Gasteiger partial charge on any atom is 0.251 e. The lowest BCUT2D eigenvalue weighted by Crippen LogP contribution is -2.46. The highest BCUT2D eigenvalue weighted by atomic mass is 16.2. The number of fused-ring (bicyclic) bond motifs is 6. The summed E-state index contributed by atoms with van der Waals surface area (Å²) in [6, 6.07) is 11.8. The van der Waals surface area contributed by atoms with E-state index in [1.54, 1.807) is 0 Å². The van der Waals surface area contributed by atoms with Crippen molar-refractivity contribution in [1.29, 1.82) is 0 Å². The molecule has 0 bridgehead atoms. The quantitative estimate of drug-likeness (QED) is 0.147. The third-order valence-electron chi connectivity index (χ3n) is 12.5. The van der Waals surface area contributed by atoms with Gasteiger partial charge in [-0.05, 0) is 117 Å². The van der Waals surface area contributed by atoms with Gasteiger partial charge in [0.15, 0.2) is 11.6 Å². The molecule has 2 atom stereocenters. The van der Waals surface area contributed by atoms with Crippen LogP contribution in [0.5, 0.6) is 0 Å². The molecular formula is C45H60N6O4. The van der Waals surface area contributed by atoms with E-state index in [0.717, 1.165) is 97.6 Å². The van der Waals surface area contributed by atoms with Crippen LogP contribution in [0.4, 0.5) is 0 Å². The topological polar surface area (TPSA) is 139 Å². The fraction of sp³-hybridized carbons (Fsp3) is 0.556. The zero-order valence-corrected chi connectivity index (χ0v) is 34.3. The molecule has 2 aromatic carbocycles. The minimum absolute atomic E-state index is 0.0302. The van der Waals surface area contributed by atoms with Crippen molar-refractivity contribution in [3.63, 3.8) is 0 Å². The van der Waals surface area contributed by atoms with Crippen molar-refractivity contribution in [2.24, 2.45) is 10.8 Å². The van der Waals surface area contributed by atoms with E-state index in [1.807, 2.05) is 64.1 Å². The number of benzene rings is 2. The first-order valence-corrected chi connectivity index (χ1v) is 20.2. The Labute approximate surface area is 325 Å². The molecule has 10 nitrogen and oxygen atoms in total. The number of hydrogen-bond donors (Lipinski definition) is 5.